The molecule has 2 atom stereocenters. The normalized spacial score (nSPS) is 14.7. The van der Waals surface area contributed by atoms with Gasteiger partial charge < -0.3 is 14.6 Å². The average Bonchev–Trinajstić information content (AvgIpc) is 2.75. The lowest BCUT2D eigenvalue weighted by atomic mass is 10.1. The fourth-order valence-corrected chi connectivity index (χ4v) is 2.13. The second-order valence-electron chi connectivity index (χ2n) is 4.71. The quantitative estimate of drug-likeness (QED) is 0.733. The van der Waals surface area contributed by atoms with E-state index in [1.807, 2.05) is 26.4 Å². The van der Waals surface area contributed by atoms with Crippen LogP contribution in [0.2, 0.25) is 0 Å². The Labute approximate surface area is 111 Å². The summed E-state index contributed by atoms with van der Waals surface area (Å²) in [4.78, 5) is 4.37. The van der Waals surface area contributed by atoms with Crippen LogP contribution in [0.4, 0.5) is 0 Å². The van der Waals surface area contributed by atoms with Crippen molar-refractivity contribution in [3.63, 3.8) is 0 Å². The molecule has 0 spiro atoms. The Morgan fingerprint density at radius 2 is 2.22 bits per heavy atom. The molecule has 1 aromatic rings. The molecular weight excluding hydrogens is 226 g/mol. The van der Waals surface area contributed by atoms with E-state index in [1.165, 1.54) is 0 Å². The number of imidazole rings is 1. The second kappa shape index (κ2) is 8.27. The summed E-state index contributed by atoms with van der Waals surface area (Å²) >= 11 is 0. The molecule has 4 nitrogen and oxygen atoms in total. The minimum Gasteiger partial charge on any atom is -0.377 e. The zero-order valence-electron chi connectivity index (χ0n) is 12.1. The van der Waals surface area contributed by atoms with Gasteiger partial charge in [0.2, 0.25) is 0 Å². The third-order valence-electron chi connectivity index (χ3n) is 3.25. The lowest BCUT2D eigenvalue weighted by molar-refractivity contribution is 0.0452. The standard InChI is InChI=1S/C14H27N3O/c1-5-9-15-13(12(3)18-6-2)7-8-14-16-10-11-17(14)4/h10-13,15H,5-9H2,1-4H3. The van der Waals surface area contributed by atoms with Crippen molar-refractivity contribution in [2.24, 2.45) is 7.05 Å². The predicted molar refractivity (Wildman–Crippen MR) is 74.7 cm³/mol. The van der Waals surface area contributed by atoms with Crippen LogP contribution in [-0.4, -0.2) is 34.8 Å². The molecule has 0 aliphatic carbocycles. The monoisotopic (exact) mass is 253 g/mol. The van der Waals surface area contributed by atoms with E-state index in [2.05, 4.69) is 28.7 Å². The van der Waals surface area contributed by atoms with E-state index in [1.54, 1.807) is 0 Å². The van der Waals surface area contributed by atoms with Gasteiger partial charge in [0, 0.05) is 38.5 Å². The van der Waals surface area contributed by atoms with E-state index in [0.717, 1.165) is 38.2 Å². The second-order valence-corrected chi connectivity index (χ2v) is 4.71. The maximum atomic E-state index is 5.71. The number of hydrogen-bond donors (Lipinski definition) is 1. The number of ether oxygens (including phenoxy) is 1. The number of aryl methyl sites for hydroxylation is 2. The van der Waals surface area contributed by atoms with Gasteiger partial charge in [0.25, 0.3) is 0 Å². The molecule has 104 valence electrons. The SMILES string of the molecule is CCCNC(CCc1nccn1C)C(C)OCC. The minimum atomic E-state index is 0.252. The lowest BCUT2D eigenvalue weighted by Gasteiger charge is -2.25. The summed E-state index contributed by atoms with van der Waals surface area (Å²) in [5.41, 5.74) is 0. The van der Waals surface area contributed by atoms with E-state index in [0.29, 0.717) is 6.04 Å². The Morgan fingerprint density at radius 1 is 1.44 bits per heavy atom. The fourth-order valence-electron chi connectivity index (χ4n) is 2.13. The van der Waals surface area contributed by atoms with Crippen molar-refractivity contribution in [3.8, 4) is 0 Å². The van der Waals surface area contributed by atoms with Gasteiger partial charge in [0.1, 0.15) is 5.82 Å². The van der Waals surface area contributed by atoms with E-state index in [-0.39, 0.29) is 6.10 Å². The van der Waals surface area contributed by atoms with Crippen LogP contribution < -0.4 is 5.32 Å². The first-order valence-corrected chi connectivity index (χ1v) is 7.00. The Bertz CT molecular complexity index is 325. The van der Waals surface area contributed by atoms with Crippen LogP contribution >= 0.6 is 0 Å². The van der Waals surface area contributed by atoms with Gasteiger partial charge in [0.05, 0.1) is 6.10 Å². The van der Waals surface area contributed by atoms with E-state index in [9.17, 15) is 0 Å². The highest BCUT2D eigenvalue weighted by atomic mass is 16.5. The Hall–Kier alpha value is -0.870. The third kappa shape index (κ3) is 4.78. The Kier molecular flexibility index (Phi) is 6.98. The van der Waals surface area contributed by atoms with Crippen molar-refractivity contribution >= 4 is 0 Å². The first-order valence-electron chi connectivity index (χ1n) is 7.00. The molecule has 18 heavy (non-hydrogen) atoms. The zero-order chi connectivity index (χ0) is 13.4. The van der Waals surface area contributed by atoms with Crippen LogP contribution in [0, 0.1) is 0 Å². The molecule has 0 aromatic carbocycles. The van der Waals surface area contributed by atoms with Crippen LogP contribution in [-0.2, 0) is 18.2 Å². The molecule has 1 aromatic heterocycles. The number of aromatic nitrogens is 2. The summed E-state index contributed by atoms with van der Waals surface area (Å²) < 4.78 is 7.80. The summed E-state index contributed by atoms with van der Waals surface area (Å²) in [5.74, 6) is 1.14. The lowest BCUT2D eigenvalue weighted by Crippen LogP contribution is -2.40. The first-order chi connectivity index (χ1) is 8.69. The van der Waals surface area contributed by atoms with E-state index in [4.69, 9.17) is 4.74 Å². The maximum absolute atomic E-state index is 5.71. The molecule has 0 fully saturated rings. The third-order valence-corrected chi connectivity index (χ3v) is 3.25. The topological polar surface area (TPSA) is 39.1 Å². The maximum Gasteiger partial charge on any atom is 0.108 e. The zero-order valence-corrected chi connectivity index (χ0v) is 12.1. The van der Waals surface area contributed by atoms with E-state index < -0.39 is 0 Å². The highest BCUT2D eigenvalue weighted by Gasteiger charge is 2.17. The number of nitrogens with zero attached hydrogens (tertiary/aromatic N) is 2. The summed E-state index contributed by atoms with van der Waals surface area (Å²) in [6.07, 6.45) is 7.30. The number of rotatable bonds is 9. The van der Waals surface area contributed by atoms with Crippen LogP contribution in [0.1, 0.15) is 39.4 Å². The Balaban J connectivity index is 2.47. The highest BCUT2D eigenvalue weighted by molar-refractivity contribution is 4.92. The molecule has 4 heteroatoms. The smallest absolute Gasteiger partial charge is 0.108 e. The molecule has 0 aliphatic heterocycles. The highest BCUT2D eigenvalue weighted by Crippen LogP contribution is 2.08. The summed E-state index contributed by atoms with van der Waals surface area (Å²) in [6, 6.07) is 0.404. The molecule has 0 amide bonds. The molecule has 0 saturated heterocycles. The van der Waals surface area contributed by atoms with Crippen molar-refractivity contribution in [1.29, 1.82) is 0 Å². The van der Waals surface area contributed by atoms with Crippen molar-refractivity contribution in [1.82, 2.24) is 14.9 Å². The van der Waals surface area contributed by atoms with Crippen LogP contribution in [0.5, 0.6) is 0 Å². The summed E-state index contributed by atoms with van der Waals surface area (Å²) in [6.45, 7) is 8.20. The average molecular weight is 253 g/mol. The van der Waals surface area contributed by atoms with Gasteiger partial charge in [-0.05, 0) is 33.2 Å². The molecule has 1 N–H and O–H groups in total. The first kappa shape index (κ1) is 15.2. The molecule has 1 rings (SSSR count). The van der Waals surface area contributed by atoms with Crippen molar-refractivity contribution < 1.29 is 4.74 Å². The van der Waals surface area contributed by atoms with Crippen molar-refractivity contribution in [3.05, 3.63) is 18.2 Å². The van der Waals surface area contributed by atoms with Crippen LogP contribution in [0.25, 0.3) is 0 Å². The predicted octanol–water partition coefficient (Wildman–Crippen LogP) is 2.15. The van der Waals surface area contributed by atoms with Gasteiger partial charge in [-0.15, -0.1) is 0 Å². The summed E-state index contributed by atoms with van der Waals surface area (Å²) in [7, 11) is 2.04. The Morgan fingerprint density at radius 3 is 2.78 bits per heavy atom. The van der Waals surface area contributed by atoms with Crippen LogP contribution in [0.3, 0.4) is 0 Å². The molecular formula is C14H27N3O. The molecule has 0 radical (unpaired) electrons. The van der Waals surface area contributed by atoms with Crippen molar-refractivity contribution in [2.45, 2.75) is 52.2 Å². The summed E-state index contributed by atoms with van der Waals surface area (Å²) in [5, 5.41) is 3.57. The largest absolute Gasteiger partial charge is 0.377 e. The van der Waals surface area contributed by atoms with E-state index >= 15 is 0 Å². The molecule has 0 bridgehead atoms. The van der Waals surface area contributed by atoms with Gasteiger partial charge in [-0.3, -0.25) is 0 Å². The molecule has 2 unspecified atom stereocenters. The van der Waals surface area contributed by atoms with Gasteiger partial charge in [-0.1, -0.05) is 6.92 Å². The molecule has 0 aliphatic rings. The molecule has 1 heterocycles. The number of hydrogen-bond acceptors (Lipinski definition) is 3. The minimum absolute atomic E-state index is 0.252. The van der Waals surface area contributed by atoms with Gasteiger partial charge >= 0.3 is 0 Å². The van der Waals surface area contributed by atoms with Crippen LogP contribution in [0.15, 0.2) is 12.4 Å². The fraction of sp³-hybridized carbons (Fsp3) is 0.786. The number of nitrogens with one attached hydrogen (secondary N) is 1. The molecule has 0 saturated carbocycles. The van der Waals surface area contributed by atoms with Gasteiger partial charge in [-0.25, -0.2) is 4.98 Å². The van der Waals surface area contributed by atoms with Gasteiger partial charge in [0.15, 0.2) is 0 Å². The van der Waals surface area contributed by atoms with Gasteiger partial charge in [-0.2, -0.15) is 0 Å². The van der Waals surface area contributed by atoms with Crippen molar-refractivity contribution in [2.75, 3.05) is 13.2 Å².